The van der Waals surface area contributed by atoms with Gasteiger partial charge in [-0.2, -0.15) is 0 Å². The quantitative estimate of drug-likeness (QED) is 0.603. The molecule has 0 aliphatic heterocycles. The summed E-state index contributed by atoms with van der Waals surface area (Å²) < 4.78 is 0. The monoisotopic (exact) mass is 184 g/mol. The molecule has 0 heterocycles. The van der Waals surface area contributed by atoms with Gasteiger partial charge in [0, 0.05) is 12.8 Å². The van der Waals surface area contributed by atoms with Crippen LogP contribution in [0.2, 0.25) is 0 Å². The molecule has 72 valence electrons. The van der Waals surface area contributed by atoms with E-state index in [0.29, 0.717) is 19.3 Å². The van der Waals surface area contributed by atoms with E-state index in [2.05, 4.69) is 0 Å². The molecule has 0 aromatic rings. The van der Waals surface area contributed by atoms with Crippen molar-refractivity contribution < 1.29 is 19.8 Å². The van der Waals surface area contributed by atoms with Crippen molar-refractivity contribution in [2.24, 2.45) is 17.8 Å². The van der Waals surface area contributed by atoms with Crippen LogP contribution in [0.1, 0.15) is 19.3 Å². The van der Waals surface area contributed by atoms with Gasteiger partial charge in [0.05, 0.1) is 12.0 Å². The summed E-state index contributed by atoms with van der Waals surface area (Å²) in [5, 5.41) is 18.3. The number of hydrogen-bond acceptors (Lipinski definition) is 3. The number of hydrogen-bond donors (Lipinski definition) is 2. The Morgan fingerprint density at radius 2 is 2.08 bits per heavy atom. The summed E-state index contributed by atoms with van der Waals surface area (Å²) in [4.78, 5) is 21.8. The molecule has 2 rings (SSSR count). The molecule has 0 bridgehead atoms. The van der Waals surface area contributed by atoms with Crippen molar-refractivity contribution in [1.29, 1.82) is 0 Å². The fourth-order valence-corrected chi connectivity index (χ4v) is 2.72. The second kappa shape index (κ2) is 2.80. The number of ketones is 1. The Labute approximate surface area is 75.6 Å². The van der Waals surface area contributed by atoms with Crippen molar-refractivity contribution in [3.63, 3.8) is 0 Å². The lowest BCUT2D eigenvalue weighted by Crippen LogP contribution is -2.28. The highest BCUT2D eigenvalue weighted by molar-refractivity contribution is 5.83. The lowest BCUT2D eigenvalue weighted by Gasteiger charge is -2.14. The number of aliphatic hydroxyl groups excluding tert-OH is 1. The van der Waals surface area contributed by atoms with Gasteiger partial charge in [0.25, 0.3) is 0 Å². The summed E-state index contributed by atoms with van der Waals surface area (Å²) in [6, 6.07) is 0. The van der Waals surface area contributed by atoms with Crippen molar-refractivity contribution in [3.05, 3.63) is 0 Å². The zero-order valence-electron chi connectivity index (χ0n) is 7.14. The molecule has 2 saturated carbocycles. The molecule has 2 fully saturated rings. The number of Topliss-reactive ketones (excluding diaryl/α,β-unsaturated/α-hetero) is 1. The van der Waals surface area contributed by atoms with Gasteiger partial charge in [0.15, 0.2) is 0 Å². The van der Waals surface area contributed by atoms with Crippen LogP contribution >= 0.6 is 0 Å². The van der Waals surface area contributed by atoms with Gasteiger partial charge in [0.2, 0.25) is 0 Å². The Kier molecular flexibility index (Phi) is 1.87. The van der Waals surface area contributed by atoms with E-state index in [4.69, 9.17) is 5.11 Å². The minimum atomic E-state index is -0.963. The third-order valence-electron chi connectivity index (χ3n) is 3.26. The Hall–Kier alpha value is -0.900. The highest BCUT2D eigenvalue weighted by Crippen LogP contribution is 2.46. The number of rotatable bonds is 1. The van der Waals surface area contributed by atoms with Crippen molar-refractivity contribution >= 4 is 11.8 Å². The second-order valence-electron chi connectivity index (χ2n) is 4.04. The van der Waals surface area contributed by atoms with Crippen LogP contribution in [-0.4, -0.2) is 28.1 Å². The topological polar surface area (TPSA) is 74.6 Å². The van der Waals surface area contributed by atoms with Crippen LogP contribution in [-0.2, 0) is 9.59 Å². The number of aliphatic hydroxyl groups is 1. The third-order valence-corrected chi connectivity index (χ3v) is 3.26. The molecule has 4 heteroatoms. The first kappa shape index (κ1) is 8.69. The van der Waals surface area contributed by atoms with Gasteiger partial charge in [-0.3, -0.25) is 9.59 Å². The van der Waals surface area contributed by atoms with E-state index in [-0.39, 0.29) is 17.6 Å². The Morgan fingerprint density at radius 3 is 2.69 bits per heavy atom. The molecule has 2 aliphatic carbocycles. The van der Waals surface area contributed by atoms with E-state index < -0.39 is 18.0 Å². The molecule has 2 aliphatic rings. The summed E-state index contributed by atoms with van der Waals surface area (Å²) in [6.07, 6.45) is 0.540. The molecule has 4 nitrogen and oxygen atoms in total. The van der Waals surface area contributed by atoms with Gasteiger partial charge in [-0.05, 0) is 18.3 Å². The summed E-state index contributed by atoms with van der Waals surface area (Å²) in [5.74, 6) is -1.53. The van der Waals surface area contributed by atoms with Crippen LogP contribution in [0.15, 0.2) is 0 Å². The van der Waals surface area contributed by atoms with Crippen molar-refractivity contribution in [1.82, 2.24) is 0 Å². The van der Waals surface area contributed by atoms with E-state index in [1.54, 1.807) is 0 Å². The van der Waals surface area contributed by atoms with Gasteiger partial charge < -0.3 is 10.2 Å². The predicted octanol–water partition coefficient (Wildman–Crippen LogP) is 0.0471. The highest BCUT2D eigenvalue weighted by atomic mass is 16.4. The van der Waals surface area contributed by atoms with E-state index >= 15 is 0 Å². The van der Waals surface area contributed by atoms with Gasteiger partial charge in [0.1, 0.15) is 5.78 Å². The SMILES string of the molecule is O=C1C[C@H]2C[C@@H](O)[C@H](C(=O)O)[C@H]2C1. The van der Waals surface area contributed by atoms with Crippen LogP contribution in [0.3, 0.4) is 0 Å². The molecule has 13 heavy (non-hydrogen) atoms. The Balaban J connectivity index is 2.19. The van der Waals surface area contributed by atoms with Crippen LogP contribution in [0, 0.1) is 17.8 Å². The smallest absolute Gasteiger partial charge is 0.309 e. The molecule has 0 radical (unpaired) electrons. The Morgan fingerprint density at radius 1 is 1.38 bits per heavy atom. The van der Waals surface area contributed by atoms with Crippen LogP contribution in [0.25, 0.3) is 0 Å². The molecule has 0 aromatic heterocycles. The first-order valence-corrected chi connectivity index (χ1v) is 4.52. The average Bonchev–Trinajstić information content (AvgIpc) is 2.41. The fourth-order valence-electron chi connectivity index (χ4n) is 2.72. The van der Waals surface area contributed by atoms with Crippen molar-refractivity contribution in [2.45, 2.75) is 25.4 Å². The maximum atomic E-state index is 11.1. The largest absolute Gasteiger partial charge is 0.481 e. The molecule has 0 amide bonds. The summed E-state index contributed by atoms with van der Waals surface area (Å²) >= 11 is 0. The molecular formula is C9H12O4. The number of carbonyl (C=O) groups is 2. The van der Waals surface area contributed by atoms with Gasteiger partial charge in [-0.15, -0.1) is 0 Å². The summed E-state index contributed by atoms with van der Waals surface area (Å²) in [5.41, 5.74) is 0. The van der Waals surface area contributed by atoms with Crippen molar-refractivity contribution in [3.8, 4) is 0 Å². The normalized spacial score (nSPS) is 43.6. The molecule has 0 spiro atoms. The molecule has 0 unspecified atom stereocenters. The fraction of sp³-hybridized carbons (Fsp3) is 0.778. The molecule has 4 atom stereocenters. The van der Waals surface area contributed by atoms with Gasteiger partial charge in [-0.25, -0.2) is 0 Å². The minimum Gasteiger partial charge on any atom is -0.481 e. The number of aliphatic carboxylic acids is 1. The van der Waals surface area contributed by atoms with Crippen LogP contribution in [0.5, 0.6) is 0 Å². The van der Waals surface area contributed by atoms with Gasteiger partial charge >= 0.3 is 5.97 Å². The lowest BCUT2D eigenvalue weighted by atomic mass is 9.91. The maximum absolute atomic E-state index is 11.1. The molecular weight excluding hydrogens is 172 g/mol. The number of carbonyl (C=O) groups excluding carboxylic acids is 1. The number of carboxylic acid groups (broad SMARTS) is 1. The standard InChI is InChI=1S/C9H12O4/c10-5-1-4-2-7(11)8(9(12)13)6(4)3-5/h4,6-8,11H,1-3H2,(H,12,13)/t4-,6-,7+,8+/m0/s1. The molecule has 0 saturated heterocycles. The first-order chi connectivity index (χ1) is 6.09. The van der Waals surface area contributed by atoms with E-state index in [0.717, 1.165) is 0 Å². The van der Waals surface area contributed by atoms with Crippen molar-refractivity contribution in [2.75, 3.05) is 0 Å². The highest BCUT2D eigenvalue weighted by Gasteiger charge is 2.50. The first-order valence-electron chi connectivity index (χ1n) is 4.52. The number of carboxylic acids is 1. The molecule has 0 aromatic carbocycles. The van der Waals surface area contributed by atoms with Crippen LogP contribution in [0.4, 0.5) is 0 Å². The zero-order chi connectivity index (χ0) is 9.59. The summed E-state index contributed by atoms with van der Waals surface area (Å²) in [6.45, 7) is 0. The maximum Gasteiger partial charge on any atom is 0.309 e. The van der Waals surface area contributed by atoms with E-state index in [9.17, 15) is 14.7 Å². The number of fused-ring (bicyclic) bond motifs is 1. The third kappa shape index (κ3) is 1.25. The second-order valence-corrected chi connectivity index (χ2v) is 4.04. The average molecular weight is 184 g/mol. The Bertz CT molecular complexity index is 260. The lowest BCUT2D eigenvalue weighted by molar-refractivity contribution is -0.146. The van der Waals surface area contributed by atoms with Crippen LogP contribution < -0.4 is 0 Å². The zero-order valence-corrected chi connectivity index (χ0v) is 7.14. The minimum absolute atomic E-state index is 0.111. The predicted molar refractivity (Wildman–Crippen MR) is 43.0 cm³/mol. The van der Waals surface area contributed by atoms with E-state index in [1.807, 2.05) is 0 Å². The van der Waals surface area contributed by atoms with E-state index in [1.165, 1.54) is 0 Å². The summed E-state index contributed by atoms with van der Waals surface area (Å²) in [7, 11) is 0. The molecule has 2 N–H and O–H groups in total. The van der Waals surface area contributed by atoms with Gasteiger partial charge in [-0.1, -0.05) is 0 Å².